The predicted octanol–water partition coefficient (Wildman–Crippen LogP) is 2.35. The van der Waals surface area contributed by atoms with Gasteiger partial charge >= 0.3 is 0 Å². The summed E-state index contributed by atoms with van der Waals surface area (Å²) in [6.45, 7) is 3.09. The largest absolute Gasteiger partial charge is 0.339 e. The minimum absolute atomic E-state index is 0. The van der Waals surface area contributed by atoms with Crippen LogP contribution in [0.1, 0.15) is 37.8 Å². The van der Waals surface area contributed by atoms with Gasteiger partial charge < -0.3 is 10.2 Å². The highest BCUT2D eigenvalue weighted by Gasteiger charge is 2.23. The highest BCUT2D eigenvalue weighted by molar-refractivity contribution is 5.85. The molecule has 1 aliphatic heterocycles. The fourth-order valence-corrected chi connectivity index (χ4v) is 2.97. The van der Waals surface area contributed by atoms with Crippen molar-refractivity contribution in [3.05, 3.63) is 42.5 Å². The highest BCUT2D eigenvalue weighted by Crippen LogP contribution is 2.22. The van der Waals surface area contributed by atoms with E-state index in [-0.39, 0.29) is 24.4 Å². The molecule has 1 amide bonds. The molecule has 0 bridgehead atoms. The minimum Gasteiger partial charge on any atom is -0.339 e. The lowest BCUT2D eigenvalue weighted by molar-refractivity contribution is -0.132. The Morgan fingerprint density at radius 3 is 2.75 bits per heavy atom. The smallest absolute Gasteiger partial charge is 0.224 e. The van der Waals surface area contributed by atoms with E-state index in [1.54, 1.807) is 11.0 Å². The van der Waals surface area contributed by atoms with Gasteiger partial charge in [0.25, 0.3) is 0 Å². The summed E-state index contributed by atoms with van der Waals surface area (Å²) in [6.07, 6.45) is 6.03. The number of hydrogen-bond donors (Lipinski definition) is 1. The lowest BCUT2D eigenvalue weighted by atomic mass is 10.1. The molecule has 2 unspecified atom stereocenters. The van der Waals surface area contributed by atoms with E-state index in [2.05, 4.69) is 22.3 Å². The first-order valence-electron chi connectivity index (χ1n) is 8.09. The predicted molar refractivity (Wildman–Crippen MR) is 95.4 cm³/mol. The molecular formula is C17H24ClN5O. The molecule has 0 spiro atoms. The van der Waals surface area contributed by atoms with Crippen molar-refractivity contribution < 1.29 is 4.79 Å². The molecule has 130 valence electrons. The second-order valence-electron chi connectivity index (χ2n) is 6.11. The Morgan fingerprint density at radius 2 is 2.17 bits per heavy atom. The summed E-state index contributed by atoms with van der Waals surface area (Å²) in [4.78, 5) is 18.2. The molecule has 0 saturated carbocycles. The zero-order valence-electron chi connectivity index (χ0n) is 14.1. The quantitative estimate of drug-likeness (QED) is 0.900. The molecule has 24 heavy (non-hydrogen) atoms. The first-order chi connectivity index (χ1) is 11.1. The van der Waals surface area contributed by atoms with E-state index in [1.165, 1.54) is 12.7 Å². The lowest BCUT2D eigenvalue weighted by Gasteiger charge is -2.26. The van der Waals surface area contributed by atoms with Gasteiger partial charge in [-0.2, -0.15) is 5.10 Å². The van der Waals surface area contributed by atoms with E-state index < -0.39 is 0 Å². The number of carbonyl (C=O) groups excluding carboxylic acids is 1. The summed E-state index contributed by atoms with van der Waals surface area (Å²) in [5, 5.41) is 7.50. The molecule has 1 saturated heterocycles. The monoisotopic (exact) mass is 349 g/mol. The van der Waals surface area contributed by atoms with Crippen LogP contribution in [0.25, 0.3) is 5.69 Å². The fraction of sp³-hybridized carbons (Fsp3) is 0.471. The van der Waals surface area contributed by atoms with E-state index in [0.717, 1.165) is 24.2 Å². The Labute approximate surface area is 148 Å². The maximum absolute atomic E-state index is 12.4. The molecule has 0 aliphatic carbocycles. The standard InChI is InChI=1S/C17H23N5O.ClH/c1-13(21(2)17(23)10-15-4-3-9-19-15)14-5-7-16(8-6-14)22-12-18-11-20-22;/h5-8,11-13,15,19H,3-4,9-10H2,1-2H3;1H. The van der Waals surface area contributed by atoms with Crippen molar-refractivity contribution in [1.82, 2.24) is 25.0 Å². The summed E-state index contributed by atoms with van der Waals surface area (Å²) in [6, 6.07) is 8.47. The van der Waals surface area contributed by atoms with Crippen molar-refractivity contribution in [2.75, 3.05) is 13.6 Å². The van der Waals surface area contributed by atoms with Gasteiger partial charge in [-0.3, -0.25) is 4.79 Å². The Kier molecular flexibility index (Phi) is 6.34. The van der Waals surface area contributed by atoms with E-state index >= 15 is 0 Å². The van der Waals surface area contributed by atoms with Gasteiger partial charge in [-0.1, -0.05) is 12.1 Å². The lowest BCUT2D eigenvalue weighted by Crippen LogP contribution is -2.34. The third-order valence-electron chi connectivity index (χ3n) is 4.62. The van der Waals surface area contributed by atoms with E-state index in [4.69, 9.17) is 0 Å². The third kappa shape index (κ3) is 4.13. The summed E-state index contributed by atoms with van der Waals surface area (Å²) in [5.74, 6) is 0.192. The van der Waals surface area contributed by atoms with Crippen molar-refractivity contribution in [1.29, 1.82) is 0 Å². The van der Waals surface area contributed by atoms with Gasteiger partial charge in [0.1, 0.15) is 12.7 Å². The number of halogens is 1. The number of benzene rings is 1. The SMILES string of the molecule is CC(c1ccc(-n2cncn2)cc1)N(C)C(=O)CC1CCCN1.Cl. The van der Waals surface area contributed by atoms with Crippen molar-refractivity contribution in [2.45, 2.75) is 38.3 Å². The summed E-state index contributed by atoms with van der Waals surface area (Å²) < 4.78 is 1.72. The van der Waals surface area contributed by atoms with E-state index in [9.17, 15) is 4.79 Å². The van der Waals surface area contributed by atoms with Crippen LogP contribution in [0.5, 0.6) is 0 Å². The van der Waals surface area contributed by atoms with Crippen LogP contribution >= 0.6 is 12.4 Å². The van der Waals surface area contributed by atoms with Crippen LogP contribution in [0.2, 0.25) is 0 Å². The number of aromatic nitrogens is 3. The summed E-state index contributed by atoms with van der Waals surface area (Å²) >= 11 is 0. The molecule has 3 rings (SSSR count). The molecule has 0 radical (unpaired) electrons. The number of rotatable bonds is 5. The molecule has 2 aromatic rings. The van der Waals surface area contributed by atoms with Crippen molar-refractivity contribution in [2.24, 2.45) is 0 Å². The molecule has 1 N–H and O–H groups in total. The third-order valence-corrected chi connectivity index (χ3v) is 4.62. The fourth-order valence-electron chi connectivity index (χ4n) is 2.97. The molecule has 1 fully saturated rings. The Hall–Kier alpha value is -1.92. The average molecular weight is 350 g/mol. The minimum atomic E-state index is 0. The van der Waals surface area contributed by atoms with Gasteiger partial charge in [-0.15, -0.1) is 12.4 Å². The Balaban J connectivity index is 0.00000208. The summed E-state index contributed by atoms with van der Waals surface area (Å²) in [5.41, 5.74) is 2.08. The average Bonchev–Trinajstić information content (AvgIpc) is 3.27. The zero-order chi connectivity index (χ0) is 16.2. The number of hydrogen-bond acceptors (Lipinski definition) is 4. The molecule has 2 heterocycles. The Bertz CT molecular complexity index is 638. The molecule has 2 atom stereocenters. The highest BCUT2D eigenvalue weighted by atomic mass is 35.5. The van der Waals surface area contributed by atoms with Crippen LogP contribution < -0.4 is 5.32 Å². The first-order valence-corrected chi connectivity index (χ1v) is 8.09. The molecule has 1 aliphatic rings. The zero-order valence-corrected chi connectivity index (χ0v) is 14.9. The molecule has 1 aromatic heterocycles. The van der Waals surface area contributed by atoms with E-state index in [0.29, 0.717) is 12.5 Å². The van der Waals surface area contributed by atoms with Gasteiger partial charge in [0.05, 0.1) is 11.7 Å². The normalized spacial score (nSPS) is 18.0. The van der Waals surface area contributed by atoms with Crippen LogP contribution in [0.3, 0.4) is 0 Å². The van der Waals surface area contributed by atoms with Gasteiger partial charge in [0, 0.05) is 19.5 Å². The number of nitrogens with one attached hydrogen (secondary N) is 1. The van der Waals surface area contributed by atoms with Gasteiger partial charge in [0.2, 0.25) is 5.91 Å². The van der Waals surface area contributed by atoms with Crippen molar-refractivity contribution in [3.8, 4) is 5.69 Å². The van der Waals surface area contributed by atoms with Crippen molar-refractivity contribution in [3.63, 3.8) is 0 Å². The van der Waals surface area contributed by atoms with Crippen LogP contribution in [0.4, 0.5) is 0 Å². The van der Waals surface area contributed by atoms with Crippen LogP contribution in [-0.2, 0) is 4.79 Å². The summed E-state index contributed by atoms with van der Waals surface area (Å²) in [7, 11) is 1.88. The second-order valence-corrected chi connectivity index (χ2v) is 6.11. The molecular weight excluding hydrogens is 326 g/mol. The maximum Gasteiger partial charge on any atom is 0.224 e. The van der Waals surface area contributed by atoms with Gasteiger partial charge in [-0.25, -0.2) is 9.67 Å². The number of amides is 1. The van der Waals surface area contributed by atoms with Crippen molar-refractivity contribution >= 4 is 18.3 Å². The van der Waals surface area contributed by atoms with Gasteiger partial charge in [0.15, 0.2) is 0 Å². The first kappa shape index (κ1) is 18.4. The molecule has 6 nitrogen and oxygen atoms in total. The molecule has 7 heteroatoms. The van der Waals surface area contributed by atoms with Crippen LogP contribution in [-0.4, -0.2) is 45.2 Å². The van der Waals surface area contributed by atoms with Crippen LogP contribution in [0, 0.1) is 0 Å². The number of carbonyl (C=O) groups is 1. The topological polar surface area (TPSA) is 63.1 Å². The molecule has 1 aromatic carbocycles. The van der Waals surface area contributed by atoms with Gasteiger partial charge in [-0.05, 0) is 44.0 Å². The maximum atomic E-state index is 12.4. The second kappa shape index (κ2) is 8.26. The number of nitrogens with zero attached hydrogens (tertiary/aromatic N) is 4. The van der Waals surface area contributed by atoms with Crippen LogP contribution in [0.15, 0.2) is 36.9 Å². The van der Waals surface area contributed by atoms with E-state index in [1.807, 2.05) is 36.2 Å². The Morgan fingerprint density at radius 1 is 1.42 bits per heavy atom.